The Balaban J connectivity index is 1.55. The largest absolute Gasteiger partial charge is 0.487 e. The fraction of sp³-hybridized carbons (Fsp3) is 0.406. The second kappa shape index (κ2) is 10.3. The number of aromatic carboxylic acids is 1. The zero-order chi connectivity index (χ0) is 29.1. The summed E-state index contributed by atoms with van der Waals surface area (Å²) in [6.45, 7) is 8.77. The maximum atomic E-state index is 13.7. The molecule has 3 aliphatic rings. The topological polar surface area (TPSA) is 83.9 Å². The van der Waals surface area contributed by atoms with Gasteiger partial charge in [-0.05, 0) is 90.9 Å². The Morgan fingerprint density at radius 1 is 0.900 bits per heavy atom. The lowest BCUT2D eigenvalue weighted by atomic mass is 9.64. The molecule has 0 spiro atoms. The van der Waals surface area contributed by atoms with Crippen molar-refractivity contribution in [3.63, 3.8) is 0 Å². The molecule has 2 aliphatic carbocycles. The van der Waals surface area contributed by atoms with E-state index in [0.717, 1.165) is 46.5 Å². The Kier molecular flexibility index (Phi) is 7.41. The van der Waals surface area contributed by atoms with E-state index in [4.69, 9.17) is 9.84 Å². The van der Waals surface area contributed by atoms with Gasteiger partial charge >= 0.3 is 5.97 Å². The van der Waals surface area contributed by atoms with Crippen molar-refractivity contribution in [3.05, 3.63) is 84.6 Å². The van der Waals surface area contributed by atoms with Gasteiger partial charge in [-0.3, -0.25) is 9.59 Å². The van der Waals surface area contributed by atoms with Crippen LogP contribution in [0.25, 0.3) is 0 Å². The van der Waals surface area contributed by atoms with E-state index in [1.165, 1.54) is 0 Å². The minimum absolute atomic E-state index is 0.102. The average Bonchev–Trinajstić information content (AvgIpc) is 2.83. The third kappa shape index (κ3) is 5.32. The van der Waals surface area contributed by atoms with Crippen molar-refractivity contribution >= 4 is 49.4 Å². The SMILES string of the molecule is CN1C2=C(C(=O)CC(C)(C)C2)C(c2cc(Br)c(OCc3ccc(C(=O)O)cc3)c(Br)c2)C2=C1CC(C)(C)CC2=O. The molecule has 0 saturated carbocycles. The molecule has 0 radical (unpaired) electrons. The summed E-state index contributed by atoms with van der Waals surface area (Å²) in [6.07, 6.45) is 2.44. The zero-order valence-electron chi connectivity index (χ0n) is 23.4. The van der Waals surface area contributed by atoms with Crippen molar-refractivity contribution in [2.24, 2.45) is 10.8 Å². The molecule has 40 heavy (non-hydrogen) atoms. The maximum Gasteiger partial charge on any atom is 0.335 e. The number of carboxylic acids is 1. The van der Waals surface area contributed by atoms with Gasteiger partial charge in [-0.1, -0.05) is 39.8 Å². The average molecular weight is 671 g/mol. The molecule has 1 heterocycles. The highest BCUT2D eigenvalue weighted by atomic mass is 79.9. The molecule has 0 bridgehead atoms. The number of carbonyl (C=O) groups excluding carboxylic acids is 2. The summed E-state index contributed by atoms with van der Waals surface area (Å²) in [5, 5.41) is 9.14. The van der Waals surface area contributed by atoms with Gasteiger partial charge in [0.1, 0.15) is 12.4 Å². The predicted molar refractivity (Wildman–Crippen MR) is 160 cm³/mol. The van der Waals surface area contributed by atoms with Crippen molar-refractivity contribution < 1.29 is 24.2 Å². The lowest BCUT2D eigenvalue weighted by Gasteiger charge is -2.48. The highest BCUT2D eigenvalue weighted by Crippen LogP contribution is 2.54. The number of rotatable bonds is 5. The molecule has 2 aromatic rings. The van der Waals surface area contributed by atoms with Gasteiger partial charge < -0.3 is 14.7 Å². The Hall–Kier alpha value is -2.71. The van der Waals surface area contributed by atoms with E-state index >= 15 is 0 Å². The van der Waals surface area contributed by atoms with Gasteiger partial charge in [0.2, 0.25) is 0 Å². The standard InChI is InChI=1S/C32H33Br2NO5/c1-31(2)12-22-27(24(36)14-31)26(28-23(35(22)5)13-32(3,4)15-25(28)37)19-10-20(33)29(21(34)11-19)40-16-17-6-8-18(9-7-17)30(38)39/h6-11,26H,12-16H2,1-5H3,(H,38,39). The summed E-state index contributed by atoms with van der Waals surface area (Å²) in [5.41, 5.74) is 5.13. The third-order valence-corrected chi connectivity index (χ3v) is 9.30. The van der Waals surface area contributed by atoms with Gasteiger partial charge in [0.05, 0.1) is 14.5 Å². The van der Waals surface area contributed by atoms with Crippen LogP contribution in [0.4, 0.5) is 0 Å². The first-order chi connectivity index (χ1) is 18.7. The quantitative estimate of drug-likeness (QED) is 0.350. The number of halogens is 2. The first kappa shape index (κ1) is 28.8. The number of nitrogens with zero attached hydrogens (tertiary/aromatic N) is 1. The Labute approximate surface area is 251 Å². The second-order valence-corrected chi connectivity index (χ2v) is 14.4. The molecular weight excluding hydrogens is 638 g/mol. The highest BCUT2D eigenvalue weighted by molar-refractivity contribution is 9.11. The van der Waals surface area contributed by atoms with Crippen LogP contribution in [0, 0.1) is 10.8 Å². The van der Waals surface area contributed by atoms with Crippen molar-refractivity contribution in [2.75, 3.05) is 7.05 Å². The number of carbonyl (C=O) groups is 3. The molecule has 0 fully saturated rings. The minimum Gasteiger partial charge on any atom is -0.487 e. The zero-order valence-corrected chi connectivity index (χ0v) is 26.5. The lowest BCUT2D eigenvalue weighted by molar-refractivity contribution is -0.119. The summed E-state index contributed by atoms with van der Waals surface area (Å²) in [7, 11) is 2.01. The first-order valence-corrected chi connectivity index (χ1v) is 15.0. The molecule has 0 atom stereocenters. The van der Waals surface area contributed by atoms with Crippen molar-refractivity contribution in [1.29, 1.82) is 0 Å². The molecule has 0 saturated heterocycles. The second-order valence-electron chi connectivity index (χ2n) is 12.7. The summed E-state index contributed by atoms with van der Waals surface area (Å²) in [6, 6.07) is 10.5. The third-order valence-electron chi connectivity index (χ3n) is 8.12. The Bertz CT molecular complexity index is 1420. The molecule has 2 aromatic carbocycles. The number of hydrogen-bond acceptors (Lipinski definition) is 5. The predicted octanol–water partition coefficient (Wildman–Crippen LogP) is 7.80. The van der Waals surface area contributed by atoms with E-state index in [1.807, 2.05) is 19.2 Å². The normalized spacial score (nSPS) is 20.4. The molecule has 5 rings (SSSR count). The van der Waals surface area contributed by atoms with Crippen LogP contribution in [-0.2, 0) is 16.2 Å². The number of ketones is 2. The van der Waals surface area contributed by atoms with Gasteiger partial charge in [-0.15, -0.1) is 0 Å². The van der Waals surface area contributed by atoms with Crippen LogP contribution in [-0.4, -0.2) is 34.6 Å². The van der Waals surface area contributed by atoms with Crippen molar-refractivity contribution in [2.45, 2.75) is 65.9 Å². The van der Waals surface area contributed by atoms with E-state index in [-0.39, 0.29) is 34.6 Å². The number of hydrogen-bond donors (Lipinski definition) is 1. The van der Waals surface area contributed by atoms with Crippen molar-refractivity contribution in [1.82, 2.24) is 4.90 Å². The van der Waals surface area contributed by atoms with Crippen LogP contribution in [0.15, 0.2) is 67.9 Å². The van der Waals surface area contributed by atoms with Crippen LogP contribution >= 0.6 is 31.9 Å². The van der Waals surface area contributed by atoms with Gasteiger partial charge in [-0.2, -0.15) is 0 Å². The molecule has 1 aliphatic heterocycles. The van der Waals surface area contributed by atoms with E-state index in [1.54, 1.807) is 24.3 Å². The molecule has 0 amide bonds. The van der Waals surface area contributed by atoms with Gasteiger partial charge in [-0.25, -0.2) is 4.79 Å². The molecule has 6 nitrogen and oxygen atoms in total. The van der Waals surface area contributed by atoms with Crippen LogP contribution < -0.4 is 4.74 Å². The van der Waals surface area contributed by atoms with Gasteiger partial charge in [0.15, 0.2) is 11.6 Å². The number of carboxylic acid groups (broad SMARTS) is 1. The Morgan fingerprint density at radius 3 is 1.82 bits per heavy atom. The van der Waals surface area contributed by atoms with Crippen LogP contribution in [0.5, 0.6) is 5.75 Å². The summed E-state index contributed by atoms with van der Waals surface area (Å²) in [4.78, 5) is 40.8. The molecule has 8 heteroatoms. The molecule has 210 valence electrons. The number of benzene rings is 2. The lowest BCUT2D eigenvalue weighted by Crippen LogP contribution is -2.43. The van der Waals surface area contributed by atoms with Crippen LogP contribution in [0.3, 0.4) is 0 Å². The van der Waals surface area contributed by atoms with Crippen LogP contribution in [0.2, 0.25) is 0 Å². The van der Waals surface area contributed by atoms with Gasteiger partial charge in [0.25, 0.3) is 0 Å². The minimum atomic E-state index is -0.973. The van der Waals surface area contributed by atoms with E-state index in [9.17, 15) is 14.4 Å². The highest BCUT2D eigenvalue weighted by Gasteiger charge is 2.48. The van der Waals surface area contributed by atoms with E-state index < -0.39 is 11.9 Å². The fourth-order valence-electron chi connectivity index (χ4n) is 6.28. The number of ether oxygens (including phenoxy) is 1. The molecule has 0 aromatic heterocycles. The molecule has 1 N–H and O–H groups in total. The smallest absolute Gasteiger partial charge is 0.335 e. The monoisotopic (exact) mass is 669 g/mol. The fourth-order valence-corrected chi connectivity index (χ4v) is 7.73. The van der Waals surface area contributed by atoms with Crippen LogP contribution in [0.1, 0.15) is 80.8 Å². The molecular formula is C32H33Br2NO5. The number of allylic oxidation sites excluding steroid dienone is 4. The van der Waals surface area contributed by atoms with Gasteiger partial charge in [0, 0.05) is 48.3 Å². The van der Waals surface area contributed by atoms with E-state index in [2.05, 4.69) is 64.5 Å². The summed E-state index contributed by atoms with van der Waals surface area (Å²) >= 11 is 7.36. The maximum absolute atomic E-state index is 13.7. The van der Waals surface area contributed by atoms with E-state index in [0.29, 0.717) is 27.5 Å². The molecule has 0 unspecified atom stereocenters. The van der Waals surface area contributed by atoms with Crippen molar-refractivity contribution in [3.8, 4) is 5.75 Å². The Morgan fingerprint density at radius 2 is 1.38 bits per heavy atom. The summed E-state index contributed by atoms with van der Waals surface area (Å²) in [5.74, 6) is -0.610. The first-order valence-electron chi connectivity index (χ1n) is 13.4. The number of Topliss-reactive ketones (excluding diaryl/α,β-unsaturated/α-hetero) is 2. The summed E-state index contributed by atoms with van der Waals surface area (Å²) < 4.78 is 7.52.